The molecule has 0 bridgehead atoms. The Morgan fingerprint density at radius 2 is 1.95 bits per heavy atom. The van der Waals surface area contributed by atoms with E-state index in [1.54, 1.807) is 7.11 Å². The summed E-state index contributed by atoms with van der Waals surface area (Å²) in [5, 5.41) is 0. The van der Waals surface area contributed by atoms with Gasteiger partial charge in [0.05, 0.1) is 12.6 Å². The van der Waals surface area contributed by atoms with Crippen molar-refractivity contribution in [1.29, 1.82) is 0 Å². The Hall–Kier alpha value is -1.06. The second-order valence-corrected chi connectivity index (χ2v) is 6.15. The molecule has 0 aliphatic carbocycles. The number of hydrogen-bond acceptors (Lipinski definition) is 3. The van der Waals surface area contributed by atoms with Gasteiger partial charge in [-0.1, -0.05) is 32.4 Å². The molecule has 0 saturated carbocycles. The van der Waals surface area contributed by atoms with E-state index in [0.717, 1.165) is 18.6 Å². The zero-order chi connectivity index (χ0) is 15.3. The van der Waals surface area contributed by atoms with E-state index in [-0.39, 0.29) is 5.54 Å². The number of methoxy groups -OCH3 is 1. The first kappa shape index (κ1) is 16.3. The van der Waals surface area contributed by atoms with Crippen molar-refractivity contribution in [2.45, 2.75) is 57.5 Å². The minimum absolute atomic E-state index is 0.305. The highest BCUT2D eigenvalue weighted by atomic mass is 16.5. The van der Waals surface area contributed by atoms with Gasteiger partial charge in [0, 0.05) is 6.04 Å². The molecule has 1 saturated heterocycles. The van der Waals surface area contributed by atoms with Crippen LogP contribution in [0.1, 0.15) is 51.5 Å². The second kappa shape index (κ2) is 7.28. The van der Waals surface area contributed by atoms with Crippen molar-refractivity contribution in [2.24, 2.45) is 5.73 Å². The molecule has 1 aromatic rings. The molecule has 3 nitrogen and oxygen atoms in total. The summed E-state index contributed by atoms with van der Waals surface area (Å²) in [7, 11) is 1.71. The number of nitrogens with two attached hydrogens (primary N) is 1. The third-order valence-corrected chi connectivity index (χ3v) is 5.00. The van der Waals surface area contributed by atoms with Crippen LogP contribution in [0.5, 0.6) is 5.75 Å². The molecule has 21 heavy (non-hydrogen) atoms. The van der Waals surface area contributed by atoms with Crippen LogP contribution in [-0.2, 0) is 5.54 Å². The fourth-order valence-electron chi connectivity index (χ4n) is 3.72. The molecule has 1 fully saturated rings. The van der Waals surface area contributed by atoms with Crippen LogP contribution in [0.2, 0.25) is 0 Å². The molecule has 0 radical (unpaired) electrons. The Kier molecular flexibility index (Phi) is 5.65. The van der Waals surface area contributed by atoms with Gasteiger partial charge in [0.25, 0.3) is 0 Å². The van der Waals surface area contributed by atoms with Gasteiger partial charge >= 0.3 is 0 Å². The summed E-state index contributed by atoms with van der Waals surface area (Å²) in [5.41, 5.74) is 7.82. The molecule has 1 aliphatic rings. The molecule has 0 amide bonds. The summed E-state index contributed by atoms with van der Waals surface area (Å²) >= 11 is 0. The van der Waals surface area contributed by atoms with Gasteiger partial charge in [-0.2, -0.15) is 0 Å². The van der Waals surface area contributed by atoms with Crippen LogP contribution in [0.25, 0.3) is 0 Å². The maximum Gasteiger partial charge on any atom is 0.119 e. The van der Waals surface area contributed by atoms with Crippen molar-refractivity contribution in [3.05, 3.63) is 29.8 Å². The van der Waals surface area contributed by atoms with Gasteiger partial charge in [-0.15, -0.1) is 0 Å². The van der Waals surface area contributed by atoms with Crippen LogP contribution in [0.3, 0.4) is 0 Å². The predicted molar refractivity (Wildman–Crippen MR) is 88.7 cm³/mol. The summed E-state index contributed by atoms with van der Waals surface area (Å²) in [6.07, 6.45) is 5.98. The minimum Gasteiger partial charge on any atom is -0.497 e. The van der Waals surface area contributed by atoms with Crippen molar-refractivity contribution in [3.63, 3.8) is 0 Å². The largest absolute Gasteiger partial charge is 0.497 e. The van der Waals surface area contributed by atoms with Gasteiger partial charge in [-0.05, 0) is 56.5 Å². The summed E-state index contributed by atoms with van der Waals surface area (Å²) in [6.45, 7) is 6.83. The first-order valence-corrected chi connectivity index (χ1v) is 8.33. The van der Waals surface area contributed by atoms with E-state index >= 15 is 0 Å². The van der Waals surface area contributed by atoms with E-state index < -0.39 is 0 Å². The van der Waals surface area contributed by atoms with Crippen LogP contribution in [0, 0.1) is 0 Å². The summed E-state index contributed by atoms with van der Waals surface area (Å²) < 4.78 is 5.38. The standard InChI is InChI=1S/C18H30N2O/c1-4-17(20-12-7-6-8-13-20)18(19,5-2)15-10-9-11-16(14-15)21-3/h9-11,14,17H,4-8,12-13,19H2,1-3H3. The Balaban J connectivity index is 2.31. The van der Waals surface area contributed by atoms with Gasteiger partial charge in [-0.25, -0.2) is 0 Å². The third kappa shape index (κ3) is 3.41. The van der Waals surface area contributed by atoms with E-state index in [9.17, 15) is 0 Å². The highest BCUT2D eigenvalue weighted by Gasteiger charge is 2.38. The van der Waals surface area contributed by atoms with Gasteiger partial charge in [0.2, 0.25) is 0 Å². The molecule has 1 heterocycles. The Bertz CT molecular complexity index is 443. The lowest BCUT2D eigenvalue weighted by atomic mass is 9.78. The molecule has 2 atom stereocenters. The number of hydrogen-bond donors (Lipinski definition) is 1. The second-order valence-electron chi connectivity index (χ2n) is 6.15. The highest BCUT2D eigenvalue weighted by molar-refractivity contribution is 5.34. The SMILES string of the molecule is CCC(N1CCCCC1)C(N)(CC)c1cccc(OC)c1. The fraction of sp³-hybridized carbons (Fsp3) is 0.667. The van der Waals surface area contributed by atoms with E-state index in [1.165, 1.54) is 37.9 Å². The number of piperidine rings is 1. The number of rotatable bonds is 6. The molecule has 1 aromatic carbocycles. The lowest BCUT2D eigenvalue weighted by Gasteiger charge is -2.45. The van der Waals surface area contributed by atoms with Crippen LogP contribution < -0.4 is 10.5 Å². The Morgan fingerprint density at radius 3 is 2.52 bits per heavy atom. The van der Waals surface area contributed by atoms with Gasteiger partial charge in [-0.3, -0.25) is 4.90 Å². The van der Waals surface area contributed by atoms with Crippen LogP contribution in [-0.4, -0.2) is 31.1 Å². The number of nitrogens with zero attached hydrogens (tertiary/aromatic N) is 1. The van der Waals surface area contributed by atoms with E-state index in [0.29, 0.717) is 6.04 Å². The summed E-state index contributed by atoms with van der Waals surface area (Å²) in [6, 6.07) is 8.69. The fourth-order valence-corrected chi connectivity index (χ4v) is 3.72. The predicted octanol–water partition coefficient (Wildman–Crippen LogP) is 3.52. The quantitative estimate of drug-likeness (QED) is 0.871. The van der Waals surface area contributed by atoms with Crippen molar-refractivity contribution in [2.75, 3.05) is 20.2 Å². The lowest BCUT2D eigenvalue weighted by molar-refractivity contribution is 0.0897. The molecule has 118 valence electrons. The average molecular weight is 290 g/mol. The summed E-state index contributed by atoms with van der Waals surface area (Å²) in [5.74, 6) is 0.893. The van der Waals surface area contributed by atoms with Crippen LogP contribution in [0.15, 0.2) is 24.3 Å². The molecule has 2 rings (SSSR count). The maximum atomic E-state index is 6.93. The first-order valence-electron chi connectivity index (χ1n) is 8.33. The summed E-state index contributed by atoms with van der Waals surface area (Å²) in [4.78, 5) is 2.60. The lowest BCUT2D eigenvalue weighted by Crippen LogP contribution is -2.56. The minimum atomic E-state index is -0.305. The molecule has 3 heteroatoms. The monoisotopic (exact) mass is 290 g/mol. The zero-order valence-corrected chi connectivity index (χ0v) is 13.8. The Labute approximate surface area is 129 Å². The number of benzene rings is 1. The normalized spacial score (nSPS) is 20.8. The van der Waals surface area contributed by atoms with Crippen molar-refractivity contribution in [3.8, 4) is 5.75 Å². The van der Waals surface area contributed by atoms with Gasteiger partial charge in [0.15, 0.2) is 0 Å². The average Bonchev–Trinajstić information content (AvgIpc) is 2.56. The zero-order valence-electron chi connectivity index (χ0n) is 13.8. The van der Waals surface area contributed by atoms with E-state index in [1.807, 2.05) is 12.1 Å². The van der Waals surface area contributed by atoms with Crippen molar-refractivity contribution < 1.29 is 4.74 Å². The molecule has 2 N–H and O–H groups in total. The van der Waals surface area contributed by atoms with E-state index in [4.69, 9.17) is 10.5 Å². The highest BCUT2D eigenvalue weighted by Crippen LogP contribution is 2.34. The van der Waals surface area contributed by atoms with Crippen LogP contribution in [0.4, 0.5) is 0 Å². The maximum absolute atomic E-state index is 6.93. The molecular formula is C18H30N2O. The molecule has 1 aliphatic heterocycles. The molecule has 2 unspecified atom stereocenters. The van der Waals surface area contributed by atoms with E-state index in [2.05, 4.69) is 30.9 Å². The number of ether oxygens (including phenoxy) is 1. The topological polar surface area (TPSA) is 38.5 Å². The third-order valence-electron chi connectivity index (χ3n) is 5.00. The smallest absolute Gasteiger partial charge is 0.119 e. The molecular weight excluding hydrogens is 260 g/mol. The molecule has 0 spiro atoms. The van der Waals surface area contributed by atoms with Gasteiger partial charge in [0.1, 0.15) is 5.75 Å². The van der Waals surface area contributed by atoms with Crippen LogP contribution >= 0.6 is 0 Å². The number of likely N-dealkylation sites (tertiary alicyclic amines) is 1. The molecule has 0 aromatic heterocycles. The Morgan fingerprint density at radius 1 is 1.24 bits per heavy atom. The van der Waals surface area contributed by atoms with Gasteiger partial charge < -0.3 is 10.5 Å². The van der Waals surface area contributed by atoms with Crippen molar-refractivity contribution >= 4 is 0 Å². The van der Waals surface area contributed by atoms with Crippen molar-refractivity contribution in [1.82, 2.24) is 4.90 Å². The first-order chi connectivity index (χ1) is 10.2.